The maximum atomic E-state index is 0. The van der Waals surface area contributed by atoms with Crippen LogP contribution in [0.2, 0.25) is 0 Å². The Morgan fingerprint density at radius 2 is 1.00 bits per heavy atom. The molecule has 0 nitrogen and oxygen atoms in total. The number of hydrogen-bond acceptors (Lipinski definition) is 0. The van der Waals surface area contributed by atoms with Crippen LogP contribution in [0.4, 0.5) is 0 Å². The first-order chi connectivity index (χ1) is 0. The molecule has 0 bridgehead atoms. The van der Waals surface area contributed by atoms with Crippen LogP contribution in [0.25, 0.3) is 0 Å². The van der Waals surface area contributed by atoms with E-state index < -0.39 is 0 Å². The molecule has 0 aliphatic heterocycles. The van der Waals surface area contributed by atoms with Crippen LogP contribution in [0.5, 0.6) is 0 Å². The molecule has 0 spiro atoms. The van der Waals surface area contributed by atoms with Gasteiger partial charge in [0.2, 0.25) is 0 Å². The van der Waals surface area contributed by atoms with Gasteiger partial charge in [0.15, 0.2) is 0 Å². The fourth-order valence-corrected chi connectivity index (χ4v) is 0. The van der Waals surface area contributed by atoms with Gasteiger partial charge in [0.25, 0.3) is 0 Å². The minimum absolute atomic E-state index is 0. The summed E-state index contributed by atoms with van der Waals surface area (Å²) in [5.74, 6) is 0. The second-order valence-electron chi connectivity index (χ2n) is 0. The first kappa shape index (κ1) is 38.5. The Morgan fingerprint density at radius 1 is 1.00 bits per heavy atom. The van der Waals surface area contributed by atoms with Crippen LogP contribution in [0.1, 0.15) is 0 Å². The van der Waals surface area contributed by atoms with Gasteiger partial charge in [-0.15, -0.1) is 0 Å². The van der Waals surface area contributed by atoms with Crippen molar-refractivity contribution in [3.8, 4) is 0 Å². The summed E-state index contributed by atoms with van der Waals surface area (Å²) in [6.45, 7) is 0. The van der Waals surface area contributed by atoms with Crippen molar-refractivity contribution in [3.05, 3.63) is 0 Å². The van der Waals surface area contributed by atoms with E-state index in [1.807, 2.05) is 0 Å². The van der Waals surface area contributed by atoms with Gasteiger partial charge in [-0.2, -0.15) is 0 Å². The van der Waals surface area contributed by atoms with E-state index in [0.717, 1.165) is 0 Å². The zero-order chi connectivity index (χ0) is 0. The van der Waals surface area contributed by atoms with Crippen LogP contribution in [0.3, 0.4) is 0 Å². The second kappa shape index (κ2) is 25.6. The molecule has 0 aromatic heterocycles. The van der Waals surface area contributed by atoms with Gasteiger partial charge < -0.3 is 0 Å². The molecular formula is BCeCrTiZr. The molecule has 0 aromatic rings. The van der Waals surface area contributed by atoms with Crippen molar-refractivity contribution in [3.63, 3.8) is 0 Å². The maximum absolute atomic E-state index is 0. The predicted octanol–water partition coefficient (Wildman–Crippen LogP) is -0.388. The smallest absolute Gasteiger partial charge is 0 e. The molecule has 0 aliphatic carbocycles. The van der Waals surface area contributed by atoms with Gasteiger partial charge >= 0.3 is 0 Å². The molecule has 21 valence electrons. The zero-order valence-corrected chi connectivity index (χ0v) is 10.9. The van der Waals surface area contributed by atoms with E-state index in [-0.39, 0.29) is 115 Å². The van der Waals surface area contributed by atoms with Crippen LogP contribution < -0.4 is 0 Å². The summed E-state index contributed by atoms with van der Waals surface area (Å²) in [6, 6.07) is 0. The summed E-state index contributed by atoms with van der Waals surface area (Å²) >= 11 is 0. The standard InChI is InChI=1S/B.Ce.Cr.Ti.Zr. The van der Waals surface area contributed by atoms with Gasteiger partial charge in [0, 0.05) is 115 Å². The molecule has 3 radical (unpaired) electrons. The summed E-state index contributed by atoms with van der Waals surface area (Å²) in [4.78, 5) is 0. The third kappa shape index (κ3) is 18.4. The van der Waals surface area contributed by atoms with Crippen molar-refractivity contribution in [1.82, 2.24) is 0 Å². The first-order valence-corrected chi connectivity index (χ1v) is 0. The monoisotopic (exact) mass is 341 g/mol. The normalized spacial score (nSPS) is 0. The number of hydrogen-bond donors (Lipinski definition) is 0. The quantitative estimate of drug-likeness (QED) is 0.527. The predicted molar refractivity (Wildman–Crippen MR) is 5.75 cm³/mol. The molecule has 5 heavy (non-hydrogen) atoms. The van der Waals surface area contributed by atoms with E-state index >= 15 is 0 Å². The second-order valence-corrected chi connectivity index (χ2v) is 0. The topological polar surface area (TPSA) is 0 Å². The van der Waals surface area contributed by atoms with E-state index in [9.17, 15) is 0 Å². The third-order valence-electron chi connectivity index (χ3n) is 0. The Balaban J connectivity index is 0. The molecule has 0 atom stereocenters. The van der Waals surface area contributed by atoms with Crippen molar-refractivity contribution in [2.24, 2.45) is 0 Å². The van der Waals surface area contributed by atoms with Gasteiger partial charge in [-0.1, -0.05) is 0 Å². The molecule has 0 heterocycles. The van der Waals surface area contributed by atoms with Crippen LogP contribution >= 0.6 is 0 Å². The van der Waals surface area contributed by atoms with E-state index in [1.54, 1.807) is 0 Å². The van der Waals surface area contributed by atoms with Crippen molar-refractivity contribution in [1.29, 1.82) is 0 Å². The van der Waals surface area contributed by atoms with Crippen molar-refractivity contribution in [2.75, 3.05) is 0 Å². The Morgan fingerprint density at radius 3 is 1.00 bits per heavy atom. The van der Waals surface area contributed by atoms with E-state index in [1.165, 1.54) is 0 Å². The van der Waals surface area contributed by atoms with E-state index in [4.69, 9.17) is 0 Å². The largest absolute Gasteiger partial charge is 0 e. The third-order valence-corrected chi connectivity index (χ3v) is 0. The summed E-state index contributed by atoms with van der Waals surface area (Å²) in [5.41, 5.74) is 0. The SMILES string of the molecule is [B].[Ce].[Cr].[Ti].[Zr]. The molecule has 0 unspecified atom stereocenters. The Labute approximate surface area is 113 Å². The minimum atomic E-state index is 0. The molecule has 0 saturated heterocycles. The molecule has 5 heteroatoms. The fraction of sp³-hybridized carbons (Fsp3) is 0. The van der Waals surface area contributed by atoms with Gasteiger partial charge in [-0.05, 0) is 0 Å². The van der Waals surface area contributed by atoms with Crippen molar-refractivity contribution < 1.29 is 107 Å². The molecular weight excluding hydrogens is 342 g/mol. The molecule has 0 N–H and O–H groups in total. The van der Waals surface area contributed by atoms with E-state index in [0.29, 0.717) is 0 Å². The first-order valence-electron chi connectivity index (χ1n) is 0. The maximum Gasteiger partial charge on any atom is 0 e. The van der Waals surface area contributed by atoms with Crippen LogP contribution in [-0.2, 0) is 65.3 Å². The molecule has 0 rings (SSSR count). The van der Waals surface area contributed by atoms with Crippen molar-refractivity contribution in [2.45, 2.75) is 0 Å². The van der Waals surface area contributed by atoms with Gasteiger partial charge in [0.1, 0.15) is 0 Å². The molecule has 0 aromatic carbocycles. The summed E-state index contributed by atoms with van der Waals surface area (Å²) in [6.07, 6.45) is 0. The Kier molecular flexibility index (Phi) is 198. The molecule has 0 fully saturated rings. The average Bonchev–Trinajstić information content (AvgIpc) is 0. The summed E-state index contributed by atoms with van der Waals surface area (Å²) < 4.78 is 0. The average molecular weight is 342 g/mol. The Bertz CT molecular complexity index is 11.6. The fourth-order valence-electron chi connectivity index (χ4n) is 0. The van der Waals surface area contributed by atoms with E-state index in [2.05, 4.69) is 0 Å². The van der Waals surface area contributed by atoms with Crippen LogP contribution in [-0.4, -0.2) is 8.41 Å². The minimum Gasteiger partial charge on any atom is 0 e. The van der Waals surface area contributed by atoms with Gasteiger partial charge in [-0.25, -0.2) is 0 Å². The molecule has 0 saturated carbocycles. The van der Waals surface area contributed by atoms with Crippen LogP contribution in [0, 0.1) is 41.7 Å². The number of rotatable bonds is 0. The van der Waals surface area contributed by atoms with Gasteiger partial charge in [-0.3, -0.25) is 0 Å². The van der Waals surface area contributed by atoms with Crippen molar-refractivity contribution >= 4 is 8.41 Å². The van der Waals surface area contributed by atoms with Crippen LogP contribution in [0.15, 0.2) is 0 Å². The zero-order valence-electron chi connectivity index (χ0n) is 2.49. The summed E-state index contributed by atoms with van der Waals surface area (Å²) in [5, 5.41) is 0. The summed E-state index contributed by atoms with van der Waals surface area (Å²) in [7, 11) is 0. The van der Waals surface area contributed by atoms with Gasteiger partial charge in [0.05, 0.1) is 0 Å². The molecule has 0 aliphatic rings. The Hall–Kier alpha value is 3.57. The molecule has 0 amide bonds.